The van der Waals surface area contributed by atoms with Crippen LogP contribution in [0.15, 0.2) is 54.7 Å². The molecule has 0 saturated carbocycles. The number of rotatable bonds is 6. The number of carboxylic acid groups (broad SMARTS) is 1. The molecule has 7 heteroatoms. The number of hydrogen-bond donors (Lipinski definition) is 3. The lowest BCUT2D eigenvalue weighted by Crippen LogP contribution is -2.44. The summed E-state index contributed by atoms with van der Waals surface area (Å²) >= 11 is 5.97. The van der Waals surface area contributed by atoms with E-state index in [0.717, 1.165) is 32.2 Å². The fraction of sp³-hybridized carbons (Fsp3) is 0.167. The molecule has 0 atom stereocenters. The SMILES string of the molecule is O=C(O)N(CCc1c[nH]c2cc(Cl)ccc12)N(O)Cc1ccccc1. The second-order valence-corrected chi connectivity index (χ2v) is 6.11. The van der Waals surface area contributed by atoms with Crippen molar-refractivity contribution in [3.05, 3.63) is 70.9 Å². The quantitative estimate of drug-likeness (QED) is 0.577. The lowest BCUT2D eigenvalue weighted by Gasteiger charge is -2.27. The third-order valence-corrected chi connectivity index (χ3v) is 4.22. The standard InChI is InChI=1S/C18H18ClN3O3/c19-15-6-7-16-14(11-20-17(16)10-15)8-9-21(18(23)24)22(25)12-13-4-2-1-3-5-13/h1-7,10-11,20,25H,8-9,12H2,(H,23,24). The van der Waals surface area contributed by atoms with Gasteiger partial charge in [-0.2, -0.15) is 0 Å². The summed E-state index contributed by atoms with van der Waals surface area (Å²) in [6.07, 6.45) is 1.08. The predicted octanol–water partition coefficient (Wildman–Crippen LogP) is 4.15. The van der Waals surface area contributed by atoms with Crippen LogP contribution in [0, 0.1) is 0 Å². The highest BCUT2D eigenvalue weighted by Crippen LogP contribution is 2.22. The summed E-state index contributed by atoms with van der Waals surface area (Å²) in [5.74, 6) is 0. The number of aromatic nitrogens is 1. The number of hydrazine groups is 1. The first-order chi connectivity index (χ1) is 12.0. The van der Waals surface area contributed by atoms with Gasteiger partial charge in [0.1, 0.15) is 0 Å². The van der Waals surface area contributed by atoms with Gasteiger partial charge in [0.05, 0.1) is 6.54 Å². The van der Waals surface area contributed by atoms with Crippen molar-refractivity contribution in [3.63, 3.8) is 0 Å². The number of nitrogens with zero attached hydrogens (tertiary/aromatic N) is 2. The lowest BCUT2D eigenvalue weighted by atomic mass is 10.1. The molecule has 25 heavy (non-hydrogen) atoms. The summed E-state index contributed by atoms with van der Waals surface area (Å²) in [6, 6.07) is 14.7. The highest BCUT2D eigenvalue weighted by molar-refractivity contribution is 6.31. The number of carbonyl (C=O) groups is 1. The molecular formula is C18H18ClN3O3. The molecule has 6 nitrogen and oxygen atoms in total. The Morgan fingerprint density at radius 1 is 1.16 bits per heavy atom. The van der Waals surface area contributed by atoms with Crippen molar-refractivity contribution in [1.82, 2.24) is 15.2 Å². The van der Waals surface area contributed by atoms with Gasteiger partial charge in [0.25, 0.3) is 0 Å². The first-order valence-electron chi connectivity index (χ1n) is 7.81. The Morgan fingerprint density at radius 2 is 1.92 bits per heavy atom. The van der Waals surface area contributed by atoms with Gasteiger partial charge in [-0.25, -0.2) is 9.80 Å². The summed E-state index contributed by atoms with van der Waals surface area (Å²) in [4.78, 5) is 14.6. The number of hydrogen-bond acceptors (Lipinski definition) is 3. The number of amides is 1. The van der Waals surface area contributed by atoms with Crippen molar-refractivity contribution in [2.75, 3.05) is 6.54 Å². The van der Waals surface area contributed by atoms with E-state index in [2.05, 4.69) is 4.98 Å². The summed E-state index contributed by atoms with van der Waals surface area (Å²) < 4.78 is 0. The van der Waals surface area contributed by atoms with Crippen LogP contribution in [0.3, 0.4) is 0 Å². The second-order valence-electron chi connectivity index (χ2n) is 5.68. The number of H-pyrrole nitrogens is 1. The van der Waals surface area contributed by atoms with Crippen LogP contribution in [0.2, 0.25) is 5.02 Å². The Labute approximate surface area is 149 Å². The number of benzene rings is 2. The van der Waals surface area contributed by atoms with Crippen molar-refractivity contribution in [3.8, 4) is 0 Å². The maximum Gasteiger partial charge on any atom is 0.423 e. The van der Waals surface area contributed by atoms with Gasteiger partial charge in [-0.15, -0.1) is 0 Å². The van der Waals surface area contributed by atoms with E-state index in [9.17, 15) is 15.1 Å². The highest BCUT2D eigenvalue weighted by atomic mass is 35.5. The number of nitrogens with one attached hydrogen (secondary N) is 1. The third-order valence-electron chi connectivity index (χ3n) is 3.99. The van der Waals surface area contributed by atoms with Crippen LogP contribution in [0.4, 0.5) is 4.79 Å². The molecule has 3 N–H and O–H groups in total. The van der Waals surface area contributed by atoms with E-state index >= 15 is 0 Å². The molecule has 0 saturated heterocycles. The van der Waals surface area contributed by atoms with E-state index < -0.39 is 6.09 Å². The molecule has 1 amide bonds. The first-order valence-corrected chi connectivity index (χ1v) is 8.18. The molecule has 2 aromatic carbocycles. The molecule has 0 spiro atoms. The minimum absolute atomic E-state index is 0.0939. The Balaban J connectivity index is 1.70. The maximum atomic E-state index is 11.5. The van der Waals surface area contributed by atoms with Crippen LogP contribution in [0.25, 0.3) is 10.9 Å². The zero-order valence-electron chi connectivity index (χ0n) is 13.4. The molecule has 3 rings (SSSR count). The van der Waals surface area contributed by atoms with Crippen molar-refractivity contribution < 1.29 is 15.1 Å². The predicted molar refractivity (Wildman–Crippen MR) is 95.5 cm³/mol. The van der Waals surface area contributed by atoms with E-state index in [1.54, 1.807) is 6.07 Å². The Morgan fingerprint density at radius 3 is 2.64 bits per heavy atom. The maximum absolute atomic E-state index is 11.5. The normalized spacial score (nSPS) is 11.2. The van der Waals surface area contributed by atoms with Crippen LogP contribution in [0.1, 0.15) is 11.1 Å². The second kappa shape index (κ2) is 7.57. The van der Waals surface area contributed by atoms with Crippen molar-refractivity contribution in [2.24, 2.45) is 0 Å². The minimum atomic E-state index is -1.21. The van der Waals surface area contributed by atoms with Crippen LogP contribution in [-0.2, 0) is 13.0 Å². The van der Waals surface area contributed by atoms with Crippen LogP contribution in [-0.4, -0.2) is 38.1 Å². The van der Waals surface area contributed by atoms with Crippen molar-refractivity contribution in [1.29, 1.82) is 0 Å². The molecule has 1 aromatic heterocycles. The van der Waals surface area contributed by atoms with E-state index in [4.69, 9.17) is 11.6 Å². The van der Waals surface area contributed by atoms with Crippen LogP contribution >= 0.6 is 11.6 Å². The van der Waals surface area contributed by atoms with Crippen LogP contribution in [0.5, 0.6) is 0 Å². The summed E-state index contributed by atoms with van der Waals surface area (Å²) in [7, 11) is 0. The Hall–Kier alpha value is -2.54. The molecular weight excluding hydrogens is 342 g/mol. The fourth-order valence-electron chi connectivity index (χ4n) is 2.73. The first kappa shape index (κ1) is 17.3. The average Bonchev–Trinajstić information content (AvgIpc) is 2.97. The Kier molecular flexibility index (Phi) is 5.23. The largest absolute Gasteiger partial charge is 0.464 e. The number of hydroxylamine groups is 1. The molecule has 0 bridgehead atoms. The molecule has 0 radical (unpaired) electrons. The molecule has 3 aromatic rings. The smallest absolute Gasteiger partial charge is 0.423 e. The minimum Gasteiger partial charge on any atom is -0.464 e. The zero-order valence-corrected chi connectivity index (χ0v) is 14.1. The van der Waals surface area contributed by atoms with E-state index in [0.29, 0.717) is 11.4 Å². The number of aromatic amines is 1. The fourth-order valence-corrected chi connectivity index (χ4v) is 2.91. The van der Waals surface area contributed by atoms with Gasteiger partial charge in [0.2, 0.25) is 0 Å². The molecule has 0 fully saturated rings. The highest BCUT2D eigenvalue weighted by Gasteiger charge is 2.20. The van der Waals surface area contributed by atoms with Gasteiger partial charge in [0.15, 0.2) is 0 Å². The monoisotopic (exact) mass is 359 g/mol. The van der Waals surface area contributed by atoms with Gasteiger partial charge in [0, 0.05) is 28.7 Å². The molecule has 1 heterocycles. The van der Waals surface area contributed by atoms with Gasteiger partial charge in [-0.3, -0.25) is 5.21 Å². The summed E-state index contributed by atoms with van der Waals surface area (Å²) in [5.41, 5.74) is 2.68. The molecule has 0 aliphatic carbocycles. The zero-order chi connectivity index (χ0) is 17.8. The van der Waals surface area contributed by atoms with Gasteiger partial charge in [-0.05, 0) is 29.7 Å². The topological polar surface area (TPSA) is 79.8 Å². The average molecular weight is 360 g/mol. The molecule has 0 unspecified atom stereocenters. The van der Waals surface area contributed by atoms with Gasteiger partial charge >= 0.3 is 6.09 Å². The Bertz CT molecular complexity index is 866. The molecule has 0 aliphatic rings. The van der Waals surface area contributed by atoms with Crippen molar-refractivity contribution >= 4 is 28.6 Å². The summed E-state index contributed by atoms with van der Waals surface area (Å²) in [6.45, 7) is 0.227. The van der Waals surface area contributed by atoms with Gasteiger partial charge < -0.3 is 10.1 Å². The van der Waals surface area contributed by atoms with Crippen LogP contribution < -0.4 is 0 Å². The molecule has 130 valence electrons. The van der Waals surface area contributed by atoms with E-state index in [1.165, 1.54) is 0 Å². The third kappa shape index (κ3) is 4.11. The summed E-state index contributed by atoms with van der Waals surface area (Å²) in [5, 5.41) is 22.8. The lowest BCUT2D eigenvalue weighted by molar-refractivity contribution is -0.233. The number of halogens is 1. The van der Waals surface area contributed by atoms with Gasteiger partial charge in [-0.1, -0.05) is 53.2 Å². The van der Waals surface area contributed by atoms with E-state index in [1.807, 2.05) is 48.7 Å². The molecule has 0 aliphatic heterocycles. The van der Waals surface area contributed by atoms with E-state index in [-0.39, 0.29) is 13.1 Å². The van der Waals surface area contributed by atoms with Crippen molar-refractivity contribution in [2.45, 2.75) is 13.0 Å². The number of fused-ring (bicyclic) bond motifs is 1.